The van der Waals surface area contributed by atoms with E-state index in [0.29, 0.717) is 6.54 Å². The van der Waals surface area contributed by atoms with Crippen molar-refractivity contribution >= 4 is 16.9 Å². The molecule has 4 aromatic rings. The Kier molecular flexibility index (Phi) is 5.62. The van der Waals surface area contributed by atoms with Crippen LogP contribution >= 0.6 is 0 Å². The zero-order valence-electron chi connectivity index (χ0n) is 18.7. The molecule has 6 nitrogen and oxygen atoms in total. The van der Waals surface area contributed by atoms with Crippen LogP contribution < -0.4 is 5.32 Å². The number of nitrogens with zero attached hydrogens (tertiary/aromatic N) is 4. The minimum Gasteiger partial charge on any atom is -0.381 e. The summed E-state index contributed by atoms with van der Waals surface area (Å²) < 4.78 is 7.89. The van der Waals surface area contributed by atoms with Gasteiger partial charge in [-0.25, -0.2) is 15.0 Å². The van der Waals surface area contributed by atoms with E-state index in [0.717, 1.165) is 66.8 Å². The maximum absolute atomic E-state index is 5.68. The fraction of sp³-hybridized carbons (Fsp3) is 0.346. The number of para-hydroxylation sites is 2. The third-order valence-corrected chi connectivity index (χ3v) is 6.50. The van der Waals surface area contributed by atoms with Crippen LogP contribution in [-0.4, -0.2) is 39.3 Å². The number of benzene rings is 2. The number of aryl methyl sites for hydroxylation is 2. The first-order valence-corrected chi connectivity index (χ1v) is 11.3. The second-order valence-electron chi connectivity index (χ2n) is 8.64. The number of ether oxygens (including phenoxy) is 1. The number of hydrogen-bond donors (Lipinski definition) is 1. The Morgan fingerprint density at radius 1 is 0.938 bits per heavy atom. The summed E-state index contributed by atoms with van der Waals surface area (Å²) in [6, 6.07) is 21.1. The molecule has 6 heteroatoms. The number of rotatable bonds is 6. The molecule has 0 bridgehead atoms. The van der Waals surface area contributed by atoms with E-state index in [9.17, 15) is 0 Å². The summed E-state index contributed by atoms with van der Waals surface area (Å²) in [7, 11) is 0. The van der Waals surface area contributed by atoms with Gasteiger partial charge in [0, 0.05) is 31.2 Å². The summed E-state index contributed by atoms with van der Waals surface area (Å²) in [5.74, 6) is 2.63. The highest BCUT2D eigenvalue weighted by molar-refractivity contribution is 5.75. The van der Waals surface area contributed by atoms with Crippen molar-refractivity contribution in [3.05, 3.63) is 83.6 Å². The van der Waals surface area contributed by atoms with Crippen molar-refractivity contribution in [2.24, 2.45) is 0 Å². The monoisotopic (exact) mass is 427 g/mol. The number of fused-ring (bicyclic) bond motifs is 1. The van der Waals surface area contributed by atoms with Gasteiger partial charge in [0.05, 0.1) is 23.3 Å². The fourth-order valence-electron chi connectivity index (χ4n) is 4.74. The van der Waals surface area contributed by atoms with Crippen LogP contribution in [0.2, 0.25) is 0 Å². The molecule has 0 spiro atoms. The lowest BCUT2D eigenvalue weighted by molar-refractivity contribution is 0.0543. The van der Waals surface area contributed by atoms with Crippen LogP contribution in [-0.2, 0) is 16.7 Å². The van der Waals surface area contributed by atoms with Gasteiger partial charge in [0.1, 0.15) is 17.5 Å². The molecule has 1 aliphatic rings. The van der Waals surface area contributed by atoms with Crippen molar-refractivity contribution in [1.82, 2.24) is 19.5 Å². The lowest BCUT2D eigenvalue weighted by Gasteiger charge is -2.38. The highest BCUT2D eigenvalue weighted by atomic mass is 16.5. The van der Waals surface area contributed by atoms with Crippen molar-refractivity contribution in [3.63, 3.8) is 0 Å². The Bertz CT molecular complexity index is 1210. The Balaban J connectivity index is 1.39. The summed E-state index contributed by atoms with van der Waals surface area (Å²) in [5.41, 5.74) is 4.53. The average molecular weight is 428 g/mol. The molecule has 2 aromatic carbocycles. The van der Waals surface area contributed by atoms with E-state index in [1.807, 2.05) is 26.0 Å². The lowest BCUT2D eigenvalue weighted by Crippen LogP contribution is -2.40. The standard InChI is InChI=1S/C26H29N5O/c1-19-28-22(17-31-20(2)30-23-10-6-7-11-24(23)31)16-25(29-19)27-18-26(12-14-32-15-13-26)21-8-4-3-5-9-21/h3-11,16H,12-15,17-18H2,1-2H3,(H,27,28,29). The SMILES string of the molecule is Cc1nc(Cn2c(C)nc3ccccc32)cc(NCC2(c3ccccc3)CCOCC2)n1. The summed E-state index contributed by atoms with van der Waals surface area (Å²) >= 11 is 0. The molecule has 32 heavy (non-hydrogen) atoms. The largest absolute Gasteiger partial charge is 0.381 e. The van der Waals surface area contributed by atoms with Gasteiger partial charge in [-0.3, -0.25) is 0 Å². The summed E-state index contributed by atoms with van der Waals surface area (Å²) in [5, 5.41) is 3.63. The van der Waals surface area contributed by atoms with Gasteiger partial charge in [-0.05, 0) is 44.4 Å². The molecule has 5 rings (SSSR count). The Hall–Kier alpha value is -3.25. The smallest absolute Gasteiger partial charge is 0.130 e. The molecule has 3 heterocycles. The third kappa shape index (κ3) is 4.10. The van der Waals surface area contributed by atoms with Crippen molar-refractivity contribution < 1.29 is 4.74 Å². The molecule has 1 aliphatic heterocycles. The first kappa shape index (κ1) is 20.6. The van der Waals surface area contributed by atoms with Crippen LogP contribution in [0.4, 0.5) is 5.82 Å². The molecule has 164 valence electrons. The summed E-state index contributed by atoms with van der Waals surface area (Å²) in [6.07, 6.45) is 2.00. The molecular formula is C26H29N5O. The minimum absolute atomic E-state index is 0.0513. The van der Waals surface area contributed by atoms with Crippen LogP contribution in [0, 0.1) is 13.8 Å². The molecule has 1 fully saturated rings. The second-order valence-corrected chi connectivity index (χ2v) is 8.64. The van der Waals surface area contributed by atoms with E-state index >= 15 is 0 Å². The molecular weight excluding hydrogens is 398 g/mol. The predicted molar refractivity (Wildman–Crippen MR) is 127 cm³/mol. The summed E-state index contributed by atoms with van der Waals surface area (Å²) in [6.45, 7) is 7.07. The van der Waals surface area contributed by atoms with E-state index in [1.54, 1.807) is 0 Å². The number of hydrogen-bond acceptors (Lipinski definition) is 5. The van der Waals surface area contributed by atoms with Crippen LogP contribution in [0.25, 0.3) is 11.0 Å². The van der Waals surface area contributed by atoms with E-state index < -0.39 is 0 Å². The molecule has 0 unspecified atom stereocenters. The Morgan fingerprint density at radius 2 is 1.69 bits per heavy atom. The molecule has 0 atom stereocenters. The van der Waals surface area contributed by atoms with E-state index in [-0.39, 0.29) is 5.41 Å². The van der Waals surface area contributed by atoms with E-state index in [1.165, 1.54) is 5.56 Å². The maximum Gasteiger partial charge on any atom is 0.130 e. The van der Waals surface area contributed by atoms with Gasteiger partial charge in [0.15, 0.2) is 0 Å². The molecule has 0 amide bonds. The fourth-order valence-corrected chi connectivity index (χ4v) is 4.74. The number of nitrogens with one attached hydrogen (secondary N) is 1. The maximum atomic E-state index is 5.68. The van der Waals surface area contributed by atoms with Gasteiger partial charge in [-0.15, -0.1) is 0 Å². The highest BCUT2D eigenvalue weighted by Crippen LogP contribution is 2.35. The topological polar surface area (TPSA) is 64.9 Å². The van der Waals surface area contributed by atoms with Gasteiger partial charge in [-0.1, -0.05) is 42.5 Å². The Morgan fingerprint density at radius 3 is 2.50 bits per heavy atom. The highest BCUT2D eigenvalue weighted by Gasteiger charge is 2.34. The van der Waals surface area contributed by atoms with Crippen molar-refractivity contribution in [2.45, 2.75) is 38.6 Å². The minimum atomic E-state index is 0.0513. The van der Waals surface area contributed by atoms with Crippen molar-refractivity contribution in [3.8, 4) is 0 Å². The zero-order valence-corrected chi connectivity index (χ0v) is 18.7. The van der Waals surface area contributed by atoms with Gasteiger partial charge in [-0.2, -0.15) is 0 Å². The molecule has 0 saturated carbocycles. The van der Waals surface area contributed by atoms with Crippen molar-refractivity contribution in [2.75, 3.05) is 25.1 Å². The quantitative estimate of drug-likeness (QED) is 0.485. The van der Waals surface area contributed by atoms with Gasteiger partial charge >= 0.3 is 0 Å². The normalized spacial score (nSPS) is 15.7. The van der Waals surface area contributed by atoms with Gasteiger partial charge in [0.25, 0.3) is 0 Å². The second kappa shape index (κ2) is 8.71. The summed E-state index contributed by atoms with van der Waals surface area (Å²) in [4.78, 5) is 14.1. The van der Waals surface area contributed by atoms with Crippen LogP contribution in [0.3, 0.4) is 0 Å². The van der Waals surface area contributed by atoms with Crippen LogP contribution in [0.5, 0.6) is 0 Å². The van der Waals surface area contributed by atoms with Gasteiger partial charge in [0.2, 0.25) is 0 Å². The zero-order chi connectivity index (χ0) is 22.0. The molecule has 1 N–H and O–H groups in total. The van der Waals surface area contributed by atoms with Gasteiger partial charge < -0.3 is 14.6 Å². The van der Waals surface area contributed by atoms with Crippen molar-refractivity contribution in [1.29, 1.82) is 0 Å². The number of anilines is 1. The molecule has 1 saturated heterocycles. The Labute approximate surface area is 188 Å². The number of aromatic nitrogens is 4. The van der Waals surface area contributed by atoms with E-state index in [4.69, 9.17) is 9.72 Å². The first-order valence-electron chi connectivity index (χ1n) is 11.3. The molecule has 0 aliphatic carbocycles. The average Bonchev–Trinajstić information content (AvgIpc) is 3.13. The van der Waals surface area contributed by atoms with E-state index in [2.05, 4.69) is 68.4 Å². The third-order valence-electron chi connectivity index (χ3n) is 6.50. The first-order chi connectivity index (χ1) is 15.6. The predicted octanol–water partition coefficient (Wildman–Crippen LogP) is 4.65. The lowest BCUT2D eigenvalue weighted by atomic mass is 9.74. The van der Waals surface area contributed by atoms with Crippen LogP contribution in [0.1, 0.15) is 35.7 Å². The molecule has 2 aromatic heterocycles. The van der Waals surface area contributed by atoms with Crippen LogP contribution in [0.15, 0.2) is 60.7 Å². The molecule has 0 radical (unpaired) electrons. The number of imidazole rings is 1.